The molecule has 3 unspecified atom stereocenters. The zero-order valence-corrected chi connectivity index (χ0v) is 11.4. The van der Waals surface area contributed by atoms with Gasteiger partial charge in [-0.15, -0.1) is 0 Å². The number of nitrogens with one attached hydrogen (secondary N) is 1. The van der Waals surface area contributed by atoms with Crippen LogP contribution in [0.25, 0.3) is 0 Å². The lowest BCUT2D eigenvalue weighted by Gasteiger charge is -2.43. The van der Waals surface area contributed by atoms with E-state index in [1.54, 1.807) is 0 Å². The fourth-order valence-electron chi connectivity index (χ4n) is 3.78. The van der Waals surface area contributed by atoms with Crippen molar-refractivity contribution in [2.45, 2.75) is 31.3 Å². The molecule has 0 aliphatic carbocycles. The Labute approximate surface area is 112 Å². The molecule has 0 aromatic carbocycles. The van der Waals surface area contributed by atoms with E-state index in [1.165, 1.54) is 0 Å². The molecule has 4 nitrogen and oxygen atoms in total. The third-order valence-electron chi connectivity index (χ3n) is 4.96. The standard InChI is InChI=1S/C13H21NO3S/c15-11(16)13(2-4-14-8-13)10-1-5-17-12(7-10)3-6-18-9-12/h10,14H,1-9H2,(H,15,16). The highest BCUT2D eigenvalue weighted by molar-refractivity contribution is 7.99. The number of hydrogen-bond donors (Lipinski definition) is 2. The van der Waals surface area contributed by atoms with Gasteiger partial charge in [0.05, 0.1) is 11.0 Å². The first-order valence-corrected chi connectivity index (χ1v) is 7.98. The van der Waals surface area contributed by atoms with Gasteiger partial charge in [-0.25, -0.2) is 0 Å². The quantitative estimate of drug-likeness (QED) is 0.794. The van der Waals surface area contributed by atoms with Gasteiger partial charge in [-0.3, -0.25) is 4.79 Å². The van der Waals surface area contributed by atoms with E-state index in [0.717, 1.165) is 50.3 Å². The van der Waals surface area contributed by atoms with E-state index >= 15 is 0 Å². The third-order valence-corrected chi connectivity index (χ3v) is 6.18. The number of carbonyl (C=O) groups is 1. The summed E-state index contributed by atoms with van der Waals surface area (Å²) in [4.78, 5) is 11.7. The SMILES string of the molecule is O=C(O)C1(C2CCOC3(CCSC3)C2)CCNC1. The number of hydrogen-bond acceptors (Lipinski definition) is 4. The average molecular weight is 271 g/mol. The van der Waals surface area contributed by atoms with Gasteiger partial charge < -0.3 is 15.2 Å². The first-order chi connectivity index (χ1) is 8.67. The predicted octanol–water partition coefficient (Wildman–Crippen LogP) is 1.35. The van der Waals surface area contributed by atoms with Gasteiger partial charge in [0.1, 0.15) is 0 Å². The molecule has 0 aromatic heterocycles. The van der Waals surface area contributed by atoms with Crippen LogP contribution in [0.15, 0.2) is 0 Å². The topological polar surface area (TPSA) is 58.6 Å². The molecule has 0 amide bonds. The number of carboxylic acids is 1. The van der Waals surface area contributed by atoms with Gasteiger partial charge in [0, 0.05) is 18.9 Å². The van der Waals surface area contributed by atoms with E-state index < -0.39 is 11.4 Å². The van der Waals surface area contributed by atoms with Crippen LogP contribution in [0.1, 0.15) is 25.7 Å². The molecule has 1 spiro atoms. The van der Waals surface area contributed by atoms with Crippen LogP contribution in [0.4, 0.5) is 0 Å². The minimum absolute atomic E-state index is 0.0153. The van der Waals surface area contributed by atoms with E-state index in [9.17, 15) is 9.90 Å². The fourth-order valence-corrected chi connectivity index (χ4v) is 5.16. The summed E-state index contributed by atoms with van der Waals surface area (Å²) in [6.45, 7) is 2.21. The first-order valence-electron chi connectivity index (χ1n) is 6.83. The predicted molar refractivity (Wildman–Crippen MR) is 70.9 cm³/mol. The molecule has 3 atom stereocenters. The zero-order valence-electron chi connectivity index (χ0n) is 10.6. The van der Waals surface area contributed by atoms with Crippen molar-refractivity contribution in [1.29, 1.82) is 0 Å². The maximum absolute atomic E-state index is 11.7. The van der Waals surface area contributed by atoms with Crippen LogP contribution in [0.3, 0.4) is 0 Å². The van der Waals surface area contributed by atoms with Gasteiger partial charge in [-0.05, 0) is 43.9 Å². The van der Waals surface area contributed by atoms with E-state index in [1.807, 2.05) is 11.8 Å². The summed E-state index contributed by atoms with van der Waals surface area (Å²) in [7, 11) is 0. The summed E-state index contributed by atoms with van der Waals surface area (Å²) >= 11 is 1.94. The maximum Gasteiger partial charge on any atom is 0.311 e. The van der Waals surface area contributed by atoms with Crippen molar-refractivity contribution in [3.8, 4) is 0 Å². The number of aliphatic carboxylic acids is 1. The van der Waals surface area contributed by atoms with Gasteiger partial charge in [0.25, 0.3) is 0 Å². The average Bonchev–Trinajstić information content (AvgIpc) is 2.99. The van der Waals surface area contributed by atoms with Gasteiger partial charge in [-0.1, -0.05) is 0 Å². The second-order valence-electron chi connectivity index (χ2n) is 5.91. The van der Waals surface area contributed by atoms with Crippen LogP contribution in [0.5, 0.6) is 0 Å². The molecule has 2 N–H and O–H groups in total. The summed E-state index contributed by atoms with van der Waals surface area (Å²) in [5.41, 5.74) is -0.553. The van der Waals surface area contributed by atoms with E-state index in [2.05, 4.69) is 5.32 Å². The highest BCUT2D eigenvalue weighted by atomic mass is 32.2. The molecular weight excluding hydrogens is 250 g/mol. The third kappa shape index (κ3) is 1.96. The van der Waals surface area contributed by atoms with Gasteiger partial charge >= 0.3 is 5.97 Å². The molecule has 0 saturated carbocycles. The Morgan fingerprint density at radius 3 is 2.94 bits per heavy atom. The molecule has 0 radical (unpaired) electrons. The molecule has 0 bridgehead atoms. The fraction of sp³-hybridized carbons (Fsp3) is 0.923. The number of ether oxygens (including phenoxy) is 1. The van der Waals surface area contributed by atoms with Crippen LogP contribution < -0.4 is 5.32 Å². The molecule has 3 saturated heterocycles. The number of thioether (sulfide) groups is 1. The highest BCUT2D eigenvalue weighted by Gasteiger charge is 2.53. The van der Waals surface area contributed by atoms with Crippen molar-refractivity contribution < 1.29 is 14.6 Å². The summed E-state index contributed by atoms with van der Waals surface area (Å²) < 4.78 is 6.01. The maximum atomic E-state index is 11.7. The van der Waals surface area contributed by atoms with Crippen molar-refractivity contribution in [1.82, 2.24) is 5.32 Å². The highest BCUT2D eigenvalue weighted by Crippen LogP contribution is 2.48. The number of rotatable bonds is 2. The largest absolute Gasteiger partial charge is 0.481 e. The molecule has 3 aliphatic rings. The zero-order chi connectivity index (χ0) is 12.6. The summed E-state index contributed by atoms with van der Waals surface area (Å²) in [6.07, 6.45) is 3.71. The Morgan fingerprint density at radius 1 is 1.44 bits per heavy atom. The summed E-state index contributed by atoms with van der Waals surface area (Å²) in [6, 6.07) is 0. The van der Waals surface area contributed by atoms with Gasteiger partial charge in [0.2, 0.25) is 0 Å². The number of carboxylic acid groups (broad SMARTS) is 1. The molecule has 3 heterocycles. The van der Waals surface area contributed by atoms with E-state index in [0.29, 0.717) is 6.54 Å². The Kier molecular flexibility index (Phi) is 3.32. The summed E-state index contributed by atoms with van der Waals surface area (Å²) in [5.74, 6) is 1.87. The van der Waals surface area contributed by atoms with Crippen molar-refractivity contribution in [3.63, 3.8) is 0 Å². The normalized spacial score (nSPS) is 44.6. The molecular formula is C13H21NO3S. The molecule has 5 heteroatoms. The summed E-state index contributed by atoms with van der Waals surface area (Å²) in [5, 5.41) is 12.9. The Hall–Kier alpha value is -0.260. The second kappa shape index (κ2) is 4.69. The smallest absolute Gasteiger partial charge is 0.311 e. The van der Waals surface area contributed by atoms with Crippen LogP contribution in [-0.2, 0) is 9.53 Å². The van der Waals surface area contributed by atoms with Crippen LogP contribution in [0, 0.1) is 11.3 Å². The van der Waals surface area contributed by atoms with Crippen LogP contribution in [-0.4, -0.2) is 47.9 Å². The molecule has 3 aliphatic heterocycles. The first kappa shape index (κ1) is 12.8. The van der Waals surface area contributed by atoms with Crippen molar-refractivity contribution in [3.05, 3.63) is 0 Å². The van der Waals surface area contributed by atoms with Gasteiger partial charge in [0.15, 0.2) is 0 Å². The molecule has 3 rings (SSSR count). The van der Waals surface area contributed by atoms with E-state index in [4.69, 9.17) is 4.74 Å². The van der Waals surface area contributed by atoms with Gasteiger partial charge in [-0.2, -0.15) is 11.8 Å². The Balaban J connectivity index is 1.80. The van der Waals surface area contributed by atoms with Crippen molar-refractivity contribution in [2.75, 3.05) is 31.2 Å². The Bertz CT molecular complexity index is 335. The monoisotopic (exact) mass is 271 g/mol. The lowest BCUT2D eigenvalue weighted by Crippen LogP contribution is -2.49. The lowest BCUT2D eigenvalue weighted by atomic mass is 9.67. The second-order valence-corrected chi connectivity index (χ2v) is 7.02. The molecule has 0 aromatic rings. The lowest BCUT2D eigenvalue weighted by molar-refractivity contribution is -0.159. The van der Waals surface area contributed by atoms with Crippen LogP contribution in [0.2, 0.25) is 0 Å². The molecule has 102 valence electrons. The minimum atomic E-state index is -0.611. The van der Waals surface area contributed by atoms with Crippen molar-refractivity contribution in [2.24, 2.45) is 11.3 Å². The van der Waals surface area contributed by atoms with Crippen molar-refractivity contribution >= 4 is 17.7 Å². The minimum Gasteiger partial charge on any atom is -0.481 e. The molecule has 3 fully saturated rings. The van der Waals surface area contributed by atoms with Crippen LogP contribution >= 0.6 is 11.8 Å². The molecule has 18 heavy (non-hydrogen) atoms. The Morgan fingerprint density at radius 2 is 2.33 bits per heavy atom. The van der Waals surface area contributed by atoms with E-state index in [-0.39, 0.29) is 11.5 Å².